The molecule has 2 rings (SSSR count). The van der Waals surface area contributed by atoms with Crippen LogP contribution < -0.4 is 10.5 Å². The molecule has 0 saturated heterocycles. The number of benzene rings is 2. The lowest BCUT2D eigenvalue weighted by atomic mass is 10.2. The van der Waals surface area contributed by atoms with E-state index >= 15 is 0 Å². The first kappa shape index (κ1) is 12.9. The van der Waals surface area contributed by atoms with Crippen molar-refractivity contribution in [2.45, 2.75) is 0 Å². The Labute approximate surface area is 106 Å². The lowest BCUT2D eigenvalue weighted by Crippen LogP contribution is -2.12. The van der Waals surface area contributed by atoms with Crippen LogP contribution in [0.4, 0.5) is 13.2 Å². The molecule has 2 aromatic rings. The maximum absolute atomic E-state index is 13.6. The van der Waals surface area contributed by atoms with Crippen LogP contribution in [0.5, 0.6) is 11.5 Å². The number of ether oxygens (including phenoxy) is 1. The molecule has 3 nitrogen and oxygen atoms in total. The number of hydrogen-bond acceptors (Lipinski definition) is 2. The van der Waals surface area contributed by atoms with Crippen molar-refractivity contribution >= 4 is 5.84 Å². The maximum Gasteiger partial charge on any atom is 0.198 e. The molecule has 0 aromatic heterocycles. The molecule has 2 aromatic carbocycles. The highest BCUT2D eigenvalue weighted by atomic mass is 19.1. The molecule has 6 heteroatoms. The second kappa shape index (κ2) is 5.01. The molecule has 0 aliphatic carbocycles. The van der Waals surface area contributed by atoms with Crippen molar-refractivity contribution in [2.75, 3.05) is 0 Å². The van der Waals surface area contributed by atoms with E-state index in [9.17, 15) is 13.2 Å². The Hall–Kier alpha value is -2.50. The fraction of sp³-hybridized carbons (Fsp3) is 0. The topological polar surface area (TPSA) is 59.1 Å². The van der Waals surface area contributed by atoms with E-state index in [-0.39, 0.29) is 11.3 Å². The van der Waals surface area contributed by atoms with Gasteiger partial charge in [-0.05, 0) is 24.3 Å². The average molecular weight is 266 g/mol. The third kappa shape index (κ3) is 2.85. The van der Waals surface area contributed by atoms with Gasteiger partial charge in [0.15, 0.2) is 17.4 Å². The van der Waals surface area contributed by atoms with Crippen LogP contribution in [0.25, 0.3) is 0 Å². The van der Waals surface area contributed by atoms with Crippen LogP contribution >= 0.6 is 0 Å². The van der Waals surface area contributed by atoms with Crippen LogP contribution in [0.15, 0.2) is 36.4 Å². The van der Waals surface area contributed by atoms with E-state index in [2.05, 4.69) is 0 Å². The first-order valence-corrected chi connectivity index (χ1v) is 5.24. The van der Waals surface area contributed by atoms with Gasteiger partial charge in [-0.15, -0.1) is 0 Å². The molecule has 0 aliphatic rings. The molecule has 0 fully saturated rings. The van der Waals surface area contributed by atoms with Crippen LogP contribution in [0, 0.1) is 22.9 Å². The normalized spacial score (nSPS) is 10.3. The third-order valence-electron chi connectivity index (χ3n) is 2.33. The minimum atomic E-state index is -1.02. The van der Waals surface area contributed by atoms with Gasteiger partial charge >= 0.3 is 0 Å². The van der Waals surface area contributed by atoms with Crippen LogP contribution in [-0.2, 0) is 0 Å². The number of hydrogen-bond donors (Lipinski definition) is 2. The standard InChI is InChI=1S/C13H9F3N2O/c14-8-2-1-3-9(6-8)19-12-10(15)4-7(13(17)18)5-11(12)16/h1-6H,(H3,17,18). The van der Waals surface area contributed by atoms with E-state index in [1.165, 1.54) is 18.2 Å². The molecule has 0 heterocycles. The Morgan fingerprint density at radius 3 is 2.21 bits per heavy atom. The number of amidine groups is 1. The summed E-state index contributed by atoms with van der Waals surface area (Å²) in [7, 11) is 0. The smallest absolute Gasteiger partial charge is 0.198 e. The molecule has 0 atom stereocenters. The van der Waals surface area contributed by atoms with E-state index < -0.39 is 29.0 Å². The summed E-state index contributed by atoms with van der Waals surface area (Å²) in [5.41, 5.74) is 5.04. The molecule has 98 valence electrons. The van der Waals surface area contributed by atoms with Crippen molar-refractivity contribution in [2.24, 2.45) is 5.73 Å². The lowest BCUT2D eigenvalue weighted by molar-refractivity contribution is 0.405. The van der Waals surface area contributed by atoms with E-state index in [4.69, 9.17) is 15.9 Å². The van der Waals surface area contributed by atoms with Gasteiger partial charge in [-0.3, -0.25) is 5.41 Å². The third-order valence-corrected chi connectivity index (χ3v) is 2.33. The van der Waals surface area contributed by atoms with Crippen molar-refractivity contribution in [3.05, 3.63) is 59.4 Å². The van der Waals surface area contributed by atoms with Gasteiger partial charge in [0.05, 0.1) is 0 Å². The van der Waals surface area contributed by atoms with Gasteiger partial charge in [-0.1, -0.05) is 6.07 Å². The molecule has 0 radical (unpaired) electrons. The number of nitrogens with two attached hydrogens (primary N) is 1. The van der Waals surface area contributed by atoms with E-state index in [0.717, 1.165) is 18.2 Å². The highest BCUT2D eigenvalue weighted by molar-refractivity contribution is 5.95. The van der Waals surface area contributed by atoms with Gasteiger partial charge < -0.3 is 10.5 Å². The van der Waals surface area contributed by atoms with Gasteiger partial charge in [-0.2, -0.15) is 0 Å². The van der Waals surface area contributed by atoms with Crippen molar-refractivity contribution in [1.29, 1.82) is 5.41 Å². The van der Waals surface area contributed by atoms with Crippen molar-refractivity contribution in [3.63, 3.8) is 0 Å². The maximum atomic E-state index is 13.6. The van der Waals surface area contributed by atoms with Crippen molar-refractivity contribution in [3.8, 4) is 11.5 Å². The zero-order valence-electron chi connectivity index (χ0n) is 9.58. The highest BCUT2D eigenvalue weighted by Gasteiger charge is 2.15. The zero-order chi connectivity index (χ0) is 14.0. The number of nitrogens with one attached hydrogen (secondary N) is 1. The van der Waals surface area contributed by atoms with E-state index in [0.29, 0.717) is 0 Å². The van der Waals surface area contributed by atoms with Gasteiger partial charge in [0.25, 0.3) is 0 Å². The second-order valence-corrected chi connectivity index (χ2v) is 3.74. The Morgan fingerprint density at radius 2 is 1.68 bits per heavy atom. The van der Waals surface area contributed by atoms with E-state index in [1.54, 1.807) is 0 Å². The Kier molecular flexibility index (Phi) is 3.41. The average Bonchev–Trinajstić information content (AvgIpc) is 2.33. The minimum Gasteiger partial charge on any atom is -0.451 e. The predicted octanol–water partition coefficient (Wildman–Crippen LogP) is 3.18. The fourth-order valence-electron chi connectivity index (χ4n) is 1.46. The van der Waals surface area contributed by atoms with Gasteiger partial charge in [0, 0.05) is 11.6 Å². The fourth-order valence-corrected chi connectivity index (χ4v) is 1.46. The van der Waals surface area contributed by atoms with Crippen molar-refractivity contribution in [1.82, 2.24) is 0 Å². The molecular formula is C13H9F3N2O. The molecule has 0 spiro atoms. The number of halogens is 3. The second-order valence-electron chi connectivity index (χ2n) is 3.74. The lowest BCUT2D eigenvalue weighted by Gasteiger charge is -2.09. The van der Waals surface area contributed by atoms with Crippen LogP contribution in [0.2, 0.25) is 0 Å². The van der Waals surface area contributed by atoms with Crippen LogP contribution in [0.1, 0.15) is 5.56 Å². The summed E-state index contributed by atoms with van der Waals surface area (Å²) in [4.78, 5) is 0. The van der Waals surface area contributed by atoms with Crippen molar-refractivity contribution < 1.29 is 17.9 Å². The zero-order valence-corrected chi connectivity index (χ0v) is 9.58. The molecular weight excluding hydrogens is 257 g/mol. The molecule has 0 aliphatic heterocycles. The minimum absolute atomic E-state index is 0.0339. The monoisotopic (exact) mass is 266 g/mol. The molecule has 3 N–H and O–H groups in total. The summed E-state index contributed by atoms with van der Waals surface area (Å²) in [6.45, 7) is 0. The molecule has 0 bridgehead atoms. The number of rotatable bonds is 3. The Balaban J connectivity index is 2.38. The van der Waals surface area contributed by atoms with E-state index in [1.807, 2.05) is 0 Å². The first-order valence-electron chi connectivity index (χ1n) is 5.24. The molecule has 0 saturated carbocycles. The quantitative estimate of drug-likeness (QED) is 0.662. The number of nitrogen functional groups attached to an aromatic ring is 1. The summed E-state index contributed by atoms with van der Waals surface area (Å²) < 4.78 is 45.2. The Morgan fingerprint density at radius 1 is 1.05 bits per heavy atom. The predicted molar refractivity (Wildman–Crippen MR) is 63.8 cm³/mol. The summed E-state index contributed by atoms with van der Waals surface area (Å²) in [5.74, 6) is -3.79. The van der Waals surface area contributed by atoms with Gasteiger partial charge in [0.1, 0.15) is 17.4 Å². The largest absolute Gasteiger partial charge is 0.451 e. The summed E-state index contributed by atoms with van der Waals surface area (Å²) >= 11 is 0. The molecule has 19 heavy (non-hydrogen) atoms. The highest BCUT2D eigenvalue weighted by Crippen LogP contribution is 2.28. The first-order chi connectivity index (χ1) is 8.97. The summed E-state index contributed by atoms with van der Waals surface area (Å²) in [5, 5.41) is 7.10. The van der Waals surface area contributed by atoms with Crippen LogP contribution in [-0.4, -0.2) is 5.84 Å². The SMILES string of the molecule is N=C(N)c1cc(F)c(Oc2cccc(F)c2)c(F)c1. The summed E-state index contributed by atoms with van der Waals surface area (Å²) in [6, 6.07) is 6.64. The summed E-state index contributed by atoms with van der Waals surface area (Å²) in [6.07, 6.45) is 0. The van der Waals surface area contributed by atoms with Crippen LogP contribution in [0.3, 0.4) is 0 Å². The molecule has 0 amide bonds. The van der Waals surface area contributed by atoms with Gasteiger partial charge in [0.2, 0.25) is 0 Å². The van der Waals surface area contributed by atoms with Gasteiger partial charge in [-0.25, -0.2) is 13.2 Å². The molecule has 0 unspecified atom stereocenters. The Bertz CT molecular complexity index is 621.